The maximum absolute atomic E-state index is 11.9. The number of nitrogens with one attached hydrogen (secondary N) is 1. The highest BCUT2D eigenvalue weighted by molar-refractivity contribution is 7.13. The molecular weight excluding hydrogens is 296 g/mol. The first-order chi connectivity index (χ1) is 10.0. The van der Waals surface area contributed by atoms with Gasteiger partial charge in [-0.3, -0.25) is 9.48 Å². The number of carboxylic acids is 1. The molecule has 0 fully saturated rings. The molecule has 0 saturated heterocycles. The summed E-state index contributed by atoms with van der Waals surface area (Å²) in [4.78, 5) is 27.0. The van der Waals surface area contributed by atoms with E-state index in [9.17, 15) is 9.59 Å². The van der Waals surface area contributed by atoms with Gasteiger partial charge in [0.25, 0.3) is 5.91 Å². The molecule has 10 heteroatoms. The highest BCUT2D eigenvalue weighted by Crippen LogP contribution is 2.17. The number of hydrogen-bond acceptors (Lipinski definition) is 7. The van der Waals surface area contributed by atoms with Gasteiger partial charge in [-0.25, -0.2) is 9.78 Å². The van der Waals surface area contributed by atoms with Crippen LogP contribution in [0.25, 0.3) is 0 Å². The second-order valence-electron chi connectivity index (χ2n) is 4.17. The zero-order chi connectivity index (χ0) is 15.4. The third-order valence-corrected chi connectivity index (χ3v) is 3.71. The van der Waals surface area contributed by atoms with Crippen molar-refractivity contribution in [1.29, 1.82) is 0 Å². The Labute approximate surface area is 123 Å². The maximum atomic E-state index is 11.9. The normalized spacial score (nSPS) is 10.6. The SMILES string of the molecule is Cc1nc(CNC(=O)c2cn(CCN)nn2)sc1C(=O)O. The predicted octanol–water partition coefficient (Wildman–Crippen LogP) is -0.370. The molecule has 1 amide bonds. The molecule has 0 aliphatic heterocycles. The van der Waals surface area contributed by atoms with Crippen molar-refractivity contribution < 1.29 is 14.7 Å². The van der Waals surface area contributed by atoms with Crippen LogP contribution in [0.15, 0.2) is 6.20 Å². The minimum absolute atomic E-state index is 0.140. The van der Waals surface area contributed by atoms with Gasteiger partial charge in [-0.15, -0.1) is 16.4 Å². The summed E-state index contributed by atoms with van der Waals surface area (Å²) < 4.78 is 1.48. The summed E-state index contributed by atoms with van der Waals surface area (Å²) in [6.07, 6.45) is 1.50. The minimum atomic E-state index is -1.02. The predicted molar refractivity (Wildman–Crippen MR) is 74.1 cm³/mol. The lowest BCUT2D eigenvalue weighted by Crippen LogP contribution is -2.23. The number of nitrogens with zero attached hydrogens (tertiary/aromatic N) is 4. The molecule has 0 bridgehead atoms. The second kappa shape index (κ2) is 6.41. The van der Waals surface area contributed by atoms with Gasteiger partial charge in [0.05, 0.1) is 25.0 Å². The second-order valence-corrected chi connectivity index (χ2v) is 5.25. The molecule has 2 rings (SSSR count). The van der Waals surface area contributed by atoms with E-state index in [1.54, 1.807) is 6.92 Å². The molecule has 0 unspecified atom stereocenters. The molecule has 0 aliphatic carbocycles. The third kappa shape index (κ3) is 3.61. The summed E-state index contributed by atoms with van der Waals surface area (Å²) in [5.74, 6) is -1.42. The van der Waals surface area contributed by atoms with Gasteiger partial charge >= 0.3 is 5.97 Å². The van der Waals surface area contributed by atoms with Crippen LogP contribution < -0.4 is 11.1 Å². The summed E-state index contributed by atoms with van der Waals surface area (Å²) in [6, 6.07) is 0. The van der Waals surface area contributed by atoms with Crippen LogP contribution in [0.3, 0.4) is 0 Å². The largest absolute Gasteiger partial charge is 0.477 e. The zero-order valence-electron chi connectivity index (χ0n) is 11.2. The van der Waals surface area contributed by atoms with Gasteiger partial charge in [0.15, 0.2) is 5.69 Å². The Kier molecular flexibility index (Phi) is 4.60. The summed E-state index contributed by atoms with van der Waals surface area (Å²) >= 11 is 1.03. The highest BCUT2D eigenvalue weighted by atomic mass is 32.1. The first kappa shape index (κ1) is 15.1. The van der Waals surface area contributed by atoms with Crippen molar-refractivity contribution in [2.24, 2.45) is 5.73 Å². The average molecular weight is 310 g/mol. The van der Waals surface area contributed by atoms with Gasteiger partial charge in [-0.2, -0.15) is 0 Å². The molecule has 0 aliphatic rings. The number of aromatic carboxylic acids is 1. The van der Waals surface area contributed by atoms with Crippen molar-refractivity contribution in [3.05, 3.63) is 27.5 Å². The standard InChI is InChI=1S/C11H14N6O3S/c1-6-9(11(19)20)21-8(14-6)4-13-10(18)7-5-17(3-2-12)16-15-7/h5H,2-4,12H2,1H3,(H,13,18)(H,19,20). The molecule has 112 valence electrons. The summed E-state index contributed by atoms with van der Waals surface area (Å²) in [6.45, 7) is 2.64. The van der Waals surface area contributed by atoms with Crippen LogP contribution in [0.4, 0.5) is 0 Å². The van der Waals surface area contributed by atoms with E-state index in [-0.39, 0.29) is 17.1 Å². The number of hydrogen-bond donors (Lipinski definition) is 3. The molecule has 2 aromatic heterocycles. The van der Waals surface area contributed by atoms with E-state index in [0.717, 1.165) is 11.3 Å². The van der Waals surface area contributed by atoms with Crippen molar-refractivity contribution in [3.8, 4) is 0 Å². The third-order valence-electron chi connectivity index (χ3n) is 2.56. The molecule has 2 aromatic rings. The van der Waals surface area contributed by atoms with Crippen LogP contribution in [-0.2, 0) is 13.1 Å². The van der Waals surface area contributed by atoms with Crippen LogP contribution in [0, 0.1) is 6.92 Å². The zero-order valence-corrected chi connectivity index (χ0v) is 12.1. The molecule has 9 nitrogen and oxygen atoms in total. The Morgan fingerprint density at radius 2 is 2.29 bits per heavy atom. The van der Waals surface area contributed by atoms with E-state index in [4.69, 9.17) is 10.8 Å². The highest BCUT2D eigenvalue weighted by Gasteiger charge is 2.15. The van der Waals surface area contributed by atoms with E-state index in [2.05, 4.69) is 20.6 Å². The Hall–Kier alpha value is -2.33. The summed E-state index contributed by atoms with van der Waals surface area (Å²) in [5.41, 5.74) is 5.99. The Balaban J connectivity index is 1.97. The number of carboxylic acid groups (broad SMARTS) is 1. The number of amides is 1. The van der Waals surface area contributed by atoms with Gasteiger partial charge in [-0.05, 0) is 6.92 Å². The number of carbonyl (C=O) groups excluding carboxylic acids is 1. The number of nitrogens with two attached hydrogens (primary N) is 1. The first-order valence-corrected chi connectivity index (χ1v) is 6.91. The number of carbonyl (C=O) groups is 2. The van der Waals surface area contributed by atoms with Crippen molar-refractivity contribution in [3.63, 3.8) is 0 Å². The fourth-order valence-electron chi connectivity index (χ4n) is 1.62. The number of aryl methyl sites for hydroxylation is 1. The van der Waals surface area contributed by atoms with Crippen LogP contribution in [-0.4, -0.2) is 43.5 Å². The van der Waals surface area contributed by atoms with Crippen molar-refractivity contribution in [2.75, 3.05) is 6.54 Å². The quantitative estimate of drug-likeness (QED) is 0.662. The van der Waals surface area contributed by atoms with Gasteiger partial charge in [0.2, 0.25) is 0 Å². The van der Waals surface area contributed by atoms with Gasteiger partial charge in [0, 0.05) is 6.54 Å². The van der Waals surface area contributed by atoms with Crippen LogP contribution in [0.2, 0.25) is 0 Å². The Morgan fingerprint density at radius 1 is 1.52 bits per heavy atom. The molecule has 21 heavy (non-hydrogen) atoms. The van der Waals surface area contributed by atoms with Gasteiger partial charge in [0.1, 0.15) is 9.88 Å². The maximum Gasteiger partial charge on any atom is 0.347 e. The van der Waals surface area contributed by atoms with Gasteiger partial charge < -0.3 is 16.2 Å². The van der Waals surface area contributed by atoms with E-state index in [1.165, 1.54) is 10.9 Å². The first-order valence-electron chi connectivity index (χ1n) is 6.09. The van der Waals surface area contributed by atoms with E-state index < -0.39 is 11.9 Å². The molecule has 0 spiro atoms. The molecule has 0 radical (unpaired) electrons. The van der Waals surface area contributed by atoms with Crippen LogP contribution in [0.1, 0.15) is 30.9 Å². The molecule has 0 aromatic carbocycles. The van der Waals surface area contributed by atoms with E-state index in [0.29, 0.717) is 23.8 Å². The van der Waals surface area contributed by atoms with Crippen molar-refractivity contribution in [1.82, 2.24) is 25.3 Å². The fourth-order valence-corrected chi connectivity index (χ4v) is 2.46. The van der Waals surface area contributed by atoms with Crippen molar-refractivity contribution in [2.45, 2.75) is 20.0 Å². The summed E-state index contributed by atoms with van der Waals surface area (Å²) in [7, 11) is 0. The minimum Gasteiger partial charge on any atom is -0.477 e. The molecule has 4 N–H and O–H groups in total. The monoisotopic (exact) mass is 310 g/mol. The van der Waals surface area contributed by atoms with Crippen molar-refractivity contribution >= 4 is 23.2 Å². The van der Waals surface area contributed by atoms with E-state index in [1.807, 2.05) is 0 Å². The number of aromatic nitrogens is 4. The average Bonchev–Trinajstić information content (AvgIpc) is 3.03. The Bertz CT molecular complexity index is 665. The lowest BCUT2D eigenvalue weighted by Gasteiger charge is -1.98. The number of rotatable bonds is 6. The number of thiazole rings is 1. The lowest BCUT2D eigenvalue weighted by atomic mass is 10.4. The van der Waals surface area contributed by atoms with Crippen LogP contribution >= 0.6 is 11.3 Å². The molecular formula is C11H14N6O3S. The fraction of sp³-hybridized carbons (Fsp3) is 0.364. The molecule has 0 saturated carbocycles. The van der Waals surface area contributed by atoms with Crippen LogP contribution in [0.5, 0.6) is 0 Å². The molecule has 2 heterocycles. The van der Waals surface area contributed by atoms with Gasteiger partial charge in [-0.1, -0.05) is 5.21 Å². The Morgan fingerprint density at radius 3 is 2.90 bits per heavy atom. The topological polar surface area (TPSA) is 136 Å². The molecule has 0 atom stereocenters. The summed E-state index contributed by atoms with van der Waals surface area (Å²) in [5, 5.41) is 19.6. The van der Waals surface area contributed by atoms with E-state index >= 15 is 0 Å². The lowest BCUT2D eigenvalue weighted by molar-refractivity contribution is 0.0701. The smallest absolute Gasteiger partial charge is 0.347 e.